The summed E-state index contributed by atoms with van der Waals surface area (Å²) in [6, 6.07) is 8.82. The van der Waals surface area contributed by atoms with Gasteiger partial charge in [0, 0.05) is 11.3 Å². The predicted octanol–water partition coefficient (Wildman–Crippen LogP) is 3.52. The molecule has 0 spiro atoms. The van der Waals surface area contributed by atoms with Crippen LogP contribution in [0.2, 0.25) is 0 Å². The lowest BCUT2D eigenvalue weighted by molar-refractivity contribution is 0.624. The summed E-state index contributed by atoms with van der Waals surface area (Å²) in [5.74, 6) is -0.809. The lowest BCUT2D eigenvalue weighted by Crippen LogP contribution is -1.90. The van der Waals surface area contributed by atoms with Crippen molar-refractivity contribution in [3.63, 3.8) is 0 Å². The molecular formula is C13H11F2N. The zero-order valence-electron chi connectivity index (χ0n) is 8.80. The van der Waals surface area contributed by atoms with Crippen LogP contribution >= 0.6 is 0 Å². The number of hydrogen-bond donors (Lipinski definition) is 1. The smallest absolute Gasteiger partial charge is 0.133 e. The number of aryl methyl sites for hydroxylation is 1. The maximum Gasteiger partial charge on any atom is 0.133 e. The van der Waals surface area contributed by atoms with Gasteiger partial charge >= 0.3 is 0 Å². The number of anilines is 1. The third-order valence-electron chi connectivity index (χ3n) is 2.35. The molecule has 2 rings (SSSR count). The van der Waals surface area contributed by atoms with Crippen LogP contribution < -0.4 is 5.73 Å². The van der Waals surface area contributed by atoms with Crippen molar-refractivity contribution in [3.05, 3.63) is 53.6 Å². The SMILES string of the molecule is Cc1cc(F)cc(-c2ccc(N)cc2F)c1. The molecule has 1 nitrogen and oxygen atoms in total. The highest BCUT2D eigenvalue weighted by molar-refractivity contribution is 5.67. The first-order chi connectivity index (χ1) is 7.56. The standard InChI is InChI=1S/C13H11F2N/c1-8-4-9(6-10(14)5-8)12-3-2-11(16)7-13(12)15/h2-7H,16H2,1H3. The van der Waals surface area contributed by atoms with Gasteiger partial charge in [0.1, 0.15) is 11.6 Å². The van der Waals surface area contributed by atoms with Crippen molar-refractivity contribution in [2.45, 2.75) is 6.92 Å². The van der Waals surface area contributed by atoms with Crippen molar-refractivity contribution in [2.75, 3.05) is 5.73 Å². The number of halogens is 2. The number of nitrogen functional groups attached to an aromatic ring is 1. The van der Waals surface area contributed by atoms with Gasteiger partial charge in [-0.3, -0.25) is 0 Å². The first-order valence-electron chi connectivity index (χ1n) is 4.89. The second-order valence-corrected chi connectivity index (χ2v) is 3.76. The van der Waals surface area contributed by atoms with E-state index in [1.165, 1.54) is 18.2 Å². The second kappa shape index (κ2) is 3.93. The minimum absolute atomic E-state index is 0.356. The number of hydrogen-bond acceptors (Lipinski definition) is 1. The van der Waals surface area contributed by atoms with Crippen LogP contribution in [0.25, 0.3) is 11.1 Å². The topological polar surface area (TPSA) is 26.0 Å². The van der Waals surface area contributed by atoms with Gasteiger partial charge in [-0.05, 0) is 48.4 Å². The predicted molar refractivity (Wildman–Crippen MR) is 60.9 cm³/mol. The van der Waals surface area contributed by atoms with Gasteiger partial charge in [-0.25, -0.2) is 8.78 Å². The molecule has 0 atom stereocenters. The number of benzene rings is 2. The summed E-state index contributed by atoms with van der Waals surface area (Å²) >= 11 is 0. The summed E-state index contributed by atoms with van der Waals surface area (Å²) in [4.78, 5) is 0. The van der Waals surface area contributed by atoms with Crippen molar-refractivity contribution in [1.82, 2.24) is 0 Å². The first kappa shape index (κ1) is 10.6. The fourth-order valence-corrected chi connectivity index (χ4v) is 1.66. The molecule has 0 aliphatic heterocycles. The van der Waals surface area contributed by atoms with Gasteiger partial charge in [0.15, 0.2) is 0 Å². The molecule has 82 valence electrons. The molecule has 0 aliphatic rings. The Bertz CT molecular complexity index is 515. The van der Waals surface area contributed by atoms with Gasteiger partial charge in [0.05, 0.1) is 0 Å². The molecule has 2 aromatic carbocycles. The van der Waals surface area contributed by atoms with E-state index in [2.05, 4.69) is 0 Å². The lowest BCUT2D eigenvalue weighted by atomic mass is 10.0. The molecule has 0 bridgehead atoms. The molecule has 2 aromatic rings. The van der Waals surface area contributed by atoms with E-state index in [-0.39, 0.29) is 5.82 Å². The van der Waals surface area contributed by atoms with Gasteiger partial charge < -0.3 is 5.73 Å². The summed E-state index contributed by atoms with van der Waals surface area (Å²) in [6.45, 7) is 1.77. The van der Waals surface area contributed by atoms with Crippen molar-refractivity contribution < 1.29 is 8.78 Å². The van der Waals surface area contributed by atoms with E-state index in [4.69, 9.17) is 5.73 Å². The van der Waals surface area contributed by atoms with Crippen LogP contribution in [0.4, 0.5) is 14.5 Å². The van der Waals surface area contributed by atoms with E-state index in [9.17, 15) is 8.78 Å². The molecule has 0 unspecified atom stereocenters. The molecule has 16 heavy (non-hydrogen) atoms. The maximum absolute atomic E-state index is 13.6. The van der Waals surface area contributed by atoms with E-state index in [0.717, 1.165) is 5.56 Å². The molecular weight excluding hydrogens is 208 g/mol. The van der Waals surface area contributed by atoms with Crippen LogP contribution in [0.1, 0.15) is 5.56 Å². The third-order valence-corrected chi connectivity index (χ3v) is 2.35. The Morgan fingerprint density at radius 1 is 1.00 bits per heavy atom. The van der Waals surface area contributed by atoms with Crippen LogP contribution in [-0.2, 0) is 0 Å². The molecule has 0 saturated carbocycles. The Hall–Kier alpha value is -1.90. The monoisotopic (exact) mass is 219 g/mol. The van der Waals surface area contributed by atoms with Crippen molar-refractivity contribution in [1.29, 1.82) is 0 Å². The van der Waals surface area contributed by atoms with E-state index >= 15 is 0 Å². The Balaban J connectivity index is 2.58. The normalized spacial score (nSPS) is 10.4. The van der Waals surface area contributed by atoms with Gasteiger partial charge in [-0.2, -0.15) is 0 Å². The highest BCUT2D eigenvalue weighted by Crippen LogP contribution is 2.26. The fraction of sp³-hybridized carbons (Fsp3) is 0.0769. The Kier molecular flexibility index (Phi) is 2.60. The van der Waals surface area contributed by atoms with E-state index in [1.807, 2.05) is 0 Å². The zero-order chi connectivity index (χ0) is 11.7. The molecule has 2 N–H and O–H groups in total. The van der Waals surface area contributed by atoms with E-state index < -0.39 is 5.82 Å². The summed E-state index contributed by atoms with van der Waals surface area (Å²) < 4.78 is 26.8. The fourth-order valence-electron chi connectivity index (χ4n) is 1.66. The van der Waals surface area contributed by atoms with Gasteiger partial charge in [-0.1, -0.05) is 6.07 Å². The van der Waals surface area contributed by atoms with Crippen LogP contribution in [0.5, 0.6) is 0 Å². The van der Waals surface area contributed by atoms with Crippen molar-refractivity contribution in [2.24, 2.45) is 0 Å². The van der Waals surface area contributed by atoms with Gasteiger partial charge in [0.2, 0.25) is 0 Å². The van der Waals surface area contributed by atoms with Crippen LogP contribution in [-0.4, -0.2) is 0 Å². The quantitative estimate of drug-likeness (QED) is 0.729. The molecule has 0 radical (unpaired) electrons. The van der Waals surface area contributed by atoms with Crippen molar-refractivity contribution >= 4 is 5.69 Å². The van der Waals surface area contributed by atoms with Crippen LogP contribution in [0, 0.1) is 18.6 Å². The minimum Gasteiger partial charge on any atom is -0.399 e. The third kappa shape index (κ3) is 2.03. The van der Waals surface area contributed by atoms with Crippen LogP contribution in [0.3, 0.4) is 0 Å². The molecule has 0 fully saturated rings. The highest BCUT2D eigenvalue weighted by Gasteiger charge is 2.07. The second-order valence-electron chi connectivity index (χ2n) is 3.76. The molecule has 0 heterocycles. The number of rotatable bonds is 1. The zero-order valence-corrected chi connectivity index (χ0v) is 8.80. The van der Waals surface area contributed by atoms with Crippen LogP contribution in [0.15, 0.2) is 36.4 Å². The molecule has 3 heteroatoms. The average Bonchev–Trinajstić information content (AvgIpc) is 2.15. The summed E-state index contributed by atoms with van der Waals surface area (Å²) in [7, 11) is 0. The molecule has 0 aliphatic carbocycles. The Morgan fingerprint density at radius 2 is 1.75 bits per heavy atom. The molecule has 0 aromatic heterocycles. The largest absolute Gasteiger partial charge is 0.399 e. The Labute approximate surface area is 92.5 Å². The minimum atomic E-state index is -0.440. The molecule has 0 saturated heterocycles. The maximum atomic E-state index is 13.6. The average molecular weight is 219 g/mol. The number of nitrogens with two attached hydrogens (primary N) is 1. The summed E-state index contributed by atoms with van der Waals surface area (Å²) in [5, 5.41) is 0. The first-order valence-corrected chi connectivity index (χ1v) is 4.89. The van der Waals surface area contributed by atoms with Gasteiger partial charge in [0.25, 0.3) is 0 Å². The van der Waals surface area contributed by atoms with Crippen molar-refractivity contribution in [3.8, 4) is 11.1 Å². The van der Waals surface area contributed by atoms with E-state index in [0.29, 0.717) is 16.8 Å². The Morgan fingerprint density at radius 3 is 2.38 bits per heavy atom. The summed E-state index contributed by atoms with van der Waals surface area (Å²) in [6.07, 6.45) is 0. The summed E-state index contributed by atoms with van der Waals surface area (Å²) in [5.41, 5.74) is 7.44. The van der Waals surface area contributed by atoms with Gasteiger partial charge in [-0.15, -0.1) is 0 Å². The van der Waals surface area contributed by atoms with E-state index in [1.54, 1.807) is 25.1 Å². The molecule has 0 amide bonds. The lowest BCUT2D eigenvalue weighted by Gasteiger charge is -2.06. The highest BCUT2D eigenvalue weighted by atomic mass is 19.1.